The van der Waals surface area contributed by atoms with Crippen molar-refractivity contribution < 1.29 is 8.78 Å². The lowest BCUT2D eigenvalue weighted by Gasteiger charge is -2.21. The zero-order valence-electron chi connectivity index (χ0n) is 12.1. The highest BCUT2D eigenvalue weighted by Gasteiger charge is 2.17. The zero-order valence-corrected chi connectivity index (χ0v) is 13.7. The highest BCUT2D eigenvalue weighted by molar-refractivity contribution is 9.10. The lowest BCUT2D eigenvalue weighted by molar-refractivity contribution is 0.520. The second kappa shape index (κ2) is 7.14. The fourth-order valence-corrected chi connectivity index (χ4v) is 2.94. The van der Waals surface area contributed by atoms with Crippen LogP contribution in [0.5, 0.6) is 0 Å². The van der Waals surface area contributed by atoms with Crippen molar-refractivity contribution in [3.63, 3.8) is 0 Å². The SMILES string of the molecule is CCNC(Cc1cc(F)ccc1F)c1cccc(C)c1Br. The third-order valence-electron chi connectivity index (χ3n) is 3.48. The van der Waals surface area contributed by atoms with E-state index in [0.717, 1.165) is 28.2 Å². The fourth-order valence-electron chi connectivity index (χ4n) is 2.40. The molecule has 0 saturated carbocycles. The van der Waals surface area contributed by atoms with Gasteiger partial charge < -0.3 is 5.32 Å². The third kappa shape index (κ3) is 3.89. The van der Waals surface area contributed by atoms with Crippen LogP contribution in [0.4, 0.5) is 8.78 Å². The Morgan fingerprint density at radius 2 is 1.95 bits per heavy atom. The maximum absolute atomic E-state index is 13.9. The monoisotopic (exact) mass is 353 g/mol. The van der Waals surface area contributed by atoms with Gasteiger partial charge in [0, 0.05) is 10.5 Å². The van der Waals surface area contributed by atoms with Gasteiger partial charge in [-0.05, 0) is 54.8 Å². The van der Waals surface area contributed by atoms with Gasteiger partial charge in [-0.1, -0.05) is 41.1 Å². The summed E-state index contributed by atoms with van der Waals surface area (Å²) >= 11 is 3.59. The maximum atomic E-state index is 13.9. The van der Waals surface area contributed by atoms with Gasteiger partial charge in [0.2, 0.25) is 0 Å². The van der Waals surface area contributed by atoms with Crippen molar-refractivity contribution in [2.75, 3.05) is 6.54 Å². The molecule has 0 aromatic heterocycles. The van der Waals surface area contributed by atoms with E-state index in [1.807, 2.05) is 32.0 Å². The molecule has 0 amide bonds. The smallest absolute Gasteiger partial charge is 0.126 e. The van der Waals surface area contributed by atoms with E-state index in [1.54, 1.807) is 0 Å². The van der Waals surface area contributed by atoms with E-state index in [1.165, 1.54) is 12.1 Å². The molecule has 112 valence electrons. The molecule has 0 bridgehead atoms. The second-order valence-corrected chi connectivity index (χ2v) is 5.82. The van der Waals surface area contributed by atoms with Crippen LogP contribution in [0.2, 0.25) is 0 Å². The highest BCUT2D eigenvalue weighted by Crippen LogP contribution is 2.29. The van der Waals surface area contributed by atoms with E-state index in [0.29, 0.717) is 12.0 Å². The van der Waals surface area contributed by atoms with Crippen LogP contribution in [-0.4, -0.2) is 6.54 Å². The Labute approximate surface area is 132 Å². The van der Waals surface area contributed by atoms with Crippen molar-refractivity contribution in [2.24, 2.45) is 0 Å². The van der Waals surface area contributed by atoms with Gasteiger partial charge >= 0.3 is 0 Å². The Morgan fingerprint density at radius 1 is 1.19 bits per heavy atom. The number of halogens is 3. The molecule has 2 aromatic rings. The number of nitrogens with one attached hydrogen (secondary N) is 1. The van der Waals surface area contributed by atoms with Crippen LogP contribution in [0.15, 0.2) is 40.9 Å². The molecule has 4 heteroatoms. The minimum absolute atomic E-state index is 0.0689. The summed E-state index contributed by atoms with van der Waals surface area (Å²) in [5, 5.41) is 3.34. The average Bonchev–Trinajstić information content (AvgIpc) is 2.45. The largest absolute Gasteiger partial charge is 0.310 e. The predicted octanol–water partition coefficient (Wildman–Crippen LogP) is 4.93. The number of aryl methyl sites for hydroxylation is 1. The van der Waals surface area contributed by atoms with Gasteiger partial charge in [-0.3, -0.25) is 0 Å². The predicted molar refractivity (Wildman–Crippen MR) is 85.4 cm³/mol. The molecule has 0 aliphatic rings. The lowest BCUT2D eigenvalue weighted by Crippen LogP contribution is -2.24. The van der Waals surface area contributed by atoms with E-state index in [9.17, 15) is 8.78 Å². The summed E-state index contributed by atoms with van der Waals surface area (Å²) in [6.45, 7) is 4.76. The van der Waals surface area contributed by atoms with E-state index in [-0.39, 0.29) is 11.9 Å². The van der Waals surface area contributed by atoms with Crippen LogP contribution in [0.25, 0.3) is 0 Å². The van der Waals surface area contributed by atoms with Crippen molar-refractivity contribution in [1.82, 2.24) is 5.32 Å². The molecule has 0 heterocycles. The minimum atomic E-state index is -0.412. The van der Waals surface area contributed by atoms with E-state index in [4.69, 9.17) is 0 Å². The maximum Gasteiger partial charge on any atom is 0.126 e. The molecular formula is C17H18BrF2N. The first kappa shape index (κ1) is 16.1. The summed E-state index contributed by atoms with van der Waals surface area (Å²) in [6, 6.07) is 9.51. The van der Waals surface area contributed by atoms with Gasteiger partial charge in [0.25, 0.3) is 0 Å². The zero-order chi connectivity index (χ0) is 15.4. The summed E-state index contributed by atoms with van der Waals surface area (Å²) < 4.78 is 28.2. The molecule has 1 nitrogen and oxygen atoms in total. The van der Waals surface area contributed by atoms with E-state index in [2.05, 4.69) is 21.2 Å². The molecule has 1 atom stereocenters. The molecule has 2 rings (SSSR count). The molecule has 0 aliphatic carbocycles. The van der Waals surface area contributed by atoms with Crippen molar-refractivity contribution in [3.8, 4) is 0 Å². The van der Waals surface area contributed by atoms with Crippen molar-refractivity contribution in [2.45, 2.75) is 26.3 Å². The number of rotatable bonds is 5. The molecule has 0 spiro atoms. The van der Waals surface area contributed by atoms with E-state index >= 15 is 0 Å². The molecule has 0 saturated heterocycles. The number of benzene rings is 2. The van der Waals surface area contributed by atoms with Crippen LogP contribution in [0.1, 0.15) is 29.7 Å². The van der Waals surface area contributed by atoms with Gasteiger partial charge in [0.1, 0.15) is 11.6 Å². The van der Waals surface area contributed by atoms with Crippen LogP contribution in [-0.2, 0) is 6.42 Å². The van der Waals surface area contributed by atoms with Crippen LogP contribution < -0.4 is 5.32 Å². The number of likely N-dealkylation sites (N-methyl/N-ethyl adjacent to an activating group) is 1. The van der Waals surface area contributed by atoms with Crippen LogP contribution in [0, 0.1) is 18.6 Å². The highest BCUT2D eigenvalue weighted by atomic mass is 79.9. The van der Waals surface area contributed by atoms with Gasteiger partial charge in [0.15, 0.2) is 0 Å². The Morgan fingerprint density at radius 3 is 2.67 bits per heavy atom. The third-order valence-corrected chi connectivity index (χ3v) is 4.56. The number of hydrogen-bond acceptors (Lipinski definition) is 1. The summed E-state index contributed by atoms with van der Waals surface area (Å²) in [5.41, 5.74) is 2.56. The summed E-state index contributed by atoms with van der Waals surface area (Å²) in [7, 11) is 0. The molecule has 0 fully saturated rings. The Hall–Kier alpha value is -1.26. The lowest BCUT2D eigenvalue weighted by atomic mass is 9.97. The molecular weight excluding hydrogens is 336 g/mol. The Bertz CT molecular complexity index is 628. The van der Waals surface area contributed by atoms with Gasteiger partial charge in [-0.2, -0.15) is 0 Å². The first-order chi connectivity index (χ1) is 10.0. The second-order valence-electron chi connectivity index (χ2n) is 5.03. The Kier molecular flexibility index (Phi) is 5.48. The molecule has 0 aliphatic heterocycles. The van der Waals surface area contributed by atoms with Gasteiger partial charge in [-0.25, -0.2) is 8.78 Å². The van der Waals surface area contributed by atoms with Gasteiger partial charge in [-0.15, -0.1) is 0 Å². The minimum Gasteiger partial charge on any atom is -0.310 e. The van der Waals surface area contributed by atoms with Crippen molar-refractivity contribution in [3.05, 3.63) is 69.2 Å². The quantitative estimate of drug-likeness (QED) is 0.803. The summed E-state index contributed by atoms with van der Waals surface area (Å²) in [5.74, 6) is -0.784. The first-order valence-electron chi connectivity index (χ1n) is 6.95. The Balaban J connectivity index is 2.35. The van der Waals surface area contributed by atoms with Crippen molar-refractivity contribution >= 4 is 15.9 Å². The van der Waals surface area contributed by atoms with Crippen LogP contribution >= 0.6 is 15.9 Å². The number of hydrogen-bond donors (Lipinski definition) is 1. The topological polar surface area (TPSA) is 12.0 Å². The first-order valence-corrected chi connectivity index (χ1v) is 7.74. The van der Waals surface area contributed by atoms with Crippen LogP contribution in [0.3, 0.4) is 0 Å². The van der Waals surface area contributed by atoms with E-state index < -0.39 is 5.82 Å². The molecule has 1 N–H and O–H groups in total. The average molecular weight is 354 g/mol. The summed E-state index contributed by atoms with van der Waals surface area (Å²) in [6.07, 6.45) is 0.402. The normalized spacial score (nSPS) is 12.4. The fraction of sp³-hybridized carbons (Fsp3) is 0.294. The molecule has 2 aromatic carbocycles. The van der Waals surface area contributed by atoms with Gasteiger partial charge in [0.05, 0.1) is 0 Å². The molecule has 0 radical (unpaired) electrons. The molecule has 1 unspecified atom stereocenters. The van der Waals surface area contributed by atoms with Crippen molar-refractivity contribution in [1.29, 1.82) is 0 Å². The molecule has 21 heavy (non-hydrogen) atoms. The summed E-state index contributed by atoms with van der Waals surface area (Å²) in [4.78, 5) is 0. The standard InChI is InChI=1S/C17H18BrF2N/c1-3-21-16(14-6-4-5-11(2)17(14)18)10-12-9-13(19)7-8-15(12)20/h4-9,16,21H,3,10H2,1-2H3.